The standard InChI is InChI=1S/C25H31N3O3/c1-15-9-16(2)26-23(15)24(29)31-14-17-11-25(30-5)19-7-6-8-20-22(19)18(13-27(20)3)10-21(25)28(4)12-17/h6-9,13,17,21,26H,10-12,14H2,1-5H3/t17-,21-,25+/m1/s1. The number of carbonyl (C=O) groups is 1. The zero-order valence-electron chi connectivity index (χ0n) is 19.0. The molecular formula is C25H31N3O3. The molecule has 6 nitrogen and oxygen atoms in total. The number of hydrogen-bond acceptors (Lipinski definition) is 4. The quantitative estimate of drug-likeness (QED) is 0.653. The van der Waals surface area contributed by atoms with Crippen LogP contribution in [0.5, 0.6) is 0 Å². The molecule has 1 aromatic carbocycles. The lowest BCUT2D eigenvalue weighted by atomic mass is 9.69. The van der Waals surface area contributed by atoms with Crippen molar-refractivity contribution in [3.63, 3.8) is 0 Å². The number of ether oxygens (including phenoxy) is 2. The Morgan fingerprint density at radius 2 is 2.10 bits per heavy atom. The minimum absolute atomic E-state index is 0.196. The molecule has 6 heteroatoms. The number of benzene rings is 1. The van der Waals surface area contributed by atoms with Crippen molar-refractivity contribution >= 4 is 16.9 Å². The Balaban J connectivity index is 1.44. The molecule has 5 rings (SSSR count). The Morgan fingerprint density at radius 3 is 2.81 bits per heavy atom. The number of likely N-dealkylation sites (tertiary alicyclic amines) is 1. The third-order valence-electron chi connectivity index (χ3n) is 7.34. The topological polar surface area (TPSA) is 59.5 Å². The largest absolute Gasteiger partial charge is 0.461 e. The number of H-pyrrole nitrogens is 1. The van der Waals surface area contributed by atoms with Crippen LogP contribution in [0.4, 0.5) is 0 Å². The van der Waals surface area contributed by atoms with Gasteiger partial charge in [0.15, 0.2) is 0 Å². The number of fused-ring (bicyclic) bond motifs is 2. The number of aromatic nitrogens is 2. The van der Waals surface area contributed by atoms with Gasteiger partial charge in [-0.3, -0.25) is 4.90 Å². The summed E-state index contributed by atoms with van der Waals surface area (Å²) in [5.74, 6) is -0.0834. The molecule has 1 N–H and O–H groups in total. The number of nitrogens with one attached hydrogen (secondary N) is 1. The average Bonchev–Trinajstić information content (AvgIpc) is 3.26. The van der Waals surface area contributed by atoms with Gasteiger partial charge < -0.3 is 19.0 Å². The molecule has 1 saturated heterocycles. The molecule has 3 heterocycles. The van der Waals surface area contributed by atoms with E-state index < -0.39 is 5.60 Å². The smallest absolute Gasteiger partial charge is 0.355 e. The fourth-order valence-corrected chi connectivity index (χ4v) is 6.03. The number of carbonyl (C=O) groups excluding carboxylic acids is 1. The van der Waals surface area contributed by atoms with E-state index >= 15 is 0 Å². The Kier molecular flexibility index (Phi) is 4.75. The molecule has 3 atom stereocenters. The molecule has 0 amide bonds. The van der Waals surface area contributed by atoms with E-state index in [1.807, 2.05) is 27.0 Å². The Bertz CT molecular complexity index is 1160. The van der Waals surface area contributed by atoms with Crippen molar-refractivity contribution in [3.8, 4) is 0 Å². The van der Waals surface area contributed by atoms with Crippen LogP contribution < -0.4 is 0 Å². The van der Waals surface area contributed by atoms with Gasteiger partial charge in [0.05, 0.1) is 6.61 Å². The third-order valence-corrected chi connectivity index (χ3v) is 7.34. The number of piperidine rings is 1. The van der Waals surface area contributed by atoms with E-state index in [9.17, 15) is 4.79 Å². The summed E-state index contributed by atoms with van der Waals surface area (Å²) in [5, 5.41) is 1.33. The fraction of sp³-hybridized carbons (Fsp3) is 0.480. The number of rotatable bonds is 4. The number of likely N-dealkylation sites (N-methyl/N-ethyl adjacent to an activating group) is 1. The van der Waals surface area contributed by atoms with Crippen LogP contribution in [0.25, 0.3) is 10.9 Å². The zero-order chi connectivity index (χ0) is 21.9. The van der Waals surface area contributed by atoms with Crippen LogP contribution in [0.15, 0.2) is 30.5 Å². The molecule has 0 bridgehead atoms. The number of hydrogen-bond donors (Lipinski definition) is 1. The third kappa shape index (κ3) is 3.04. The van der Waals surface area contributed by atoms with Crippen LogP contribution in [0.2, 0.25) is 0 Å². The first-order chi connectivity index (χ1) is 14.8. The number of aryl methyl sites for hydroxylation is 3. The summed E-state index contributed by atoms with van der Waals surface area (Å²) < 4.78 is 14.3. The van der Waals surface area contributed by atoms with Crippen molar-refractivity contribution in [2.24, 2.45) is 13.0 Å². The van der Waals surface area contributed by atoms with E-state index in [4.69, 9.17) is 9.47 Å². The molecule has 3 aromatic rings. The van der Waals surface area contributed by atoms with Crippen LogP contribution in [0.3, 0.4) is 0 Å². The van der Waals surface area contributed by atoms with Gasteiger partial charge in [-0.1, -0.05) is 12.1 Å². The molecule has 164 valence electrons. The maximum absolute atomic E-state index is 12.7. The second kappa shape index (κ2) is 7.24. The highest BCUT2D eigenvalue weighted by Crippen LogP contribution is 2.49. The molecular weight excluding hydrogens is 390 g/mol. The van der Waals surface area contributed by atoms with Crippen molar-refractivity contribution in [1.29, 1.82) is 0 Å². The molecule has 0 unspecified atom stereocenters. The van der Waals surface area contributed by atoms with Gasteiger partial charge in [-0.2, -0.15) is 0 Å². The molecule has 1 aliphatic carbocycles. The number of aromatic amines is 1. The highest BCUT2D eigenvalue weighted by Gasteiger charge is 2.51. The van der Waals surface area contributed by atoms with Crippen molar-refractivity contribution in [3.05, 3.63) is 58.5 Å². The Morgan fingerprint density at radius 1 is 1.29 bits per heavy atom. The average molecular weight is 422 g/mol. The van der Waals surface area contributed by atoms with Crippen LogP contribution >= 0.6 is 0 Å². The first-order valence-electron chi connectivity index (χ1n) is 11.0. The van der Waals surface area contributed by atoms with Gasteiger partial charge in [0.25, 0.3) is 0 Å². The monoisotopic (exact) mass is 421 g/mol. The zero-order valence-corrected chi connectivity index (χ0v) is 19.0. The molecule has 0 spiro atoms. The summed E-state index contributed by atoms with van der Waals surface area (Å²) in [6.07, 6.45) is 4.06. The van der Waals surface area contributed by atoms with Crippen molar-refractivity contribution in [2.45, 2.75) is 38.3 Å². The molecule has 0 saturated carbocycles. The minimum atomic E-state index is -0.406. The summed E-state index contributed by atoms with van der Waals surface area (Å²) in [6.45, 7) is 5.14. The lowest BCUT2D eigenvalue weighted by Gasteiger charge is -2.53. The normalized spacial score (nSPS) is 25.6. The van der Waals surface area contributed by atoms with Crippen LogP contribution in [-0.4, -0.2) is 53.8 Å². The summed E-state index contributed by atoms with van der Waals surface area (Å²) >= 11 is 0. The predicted molar refractivity (Wildman–Crippen MR) is 120 cm³/mol. The summed E-state index contributed by atoms with van der Waals surface area (Å²) in [4.78, 5) is 18.2. The maximum Gasteiger partial charge on any atom is 0.355 e. The van der Waals surface area contributed by atoms with Crippen molar-refractivity contribution in [1.82, 2.24) is 14.5 Å². The van der Waals surface area contributed by atoms with E-state index in [0.717, 1.165) is 30.6 Å². The van der Waals surface area contributed by atoms with Gasteiger partial charge in [-0.05, 0) is 62.6 Å². The van der Waals surface area contributed by atoms with Crippen molar-refractivity contribution < 1.29 is 14.3 Å². The van der Waals surface area contributed by atoms with Gasteiger partial charge in [0.2, 0.25) is 0 Å². The Labute approximate surface area is 183 Å². The molecule has 0 radical (unpaired) electrons. The fourth-order valence-electron chi connectivity index (χ4n) is 6.03. The van der Waals surface area contributed by atoms with E-state index in [2.05, 4.69) is 52.9 Å². The van der Waals surface area contributed by atoms with Gasteiger partial charge in [-0.25, -0.2) is 4.79 Å². The van der Waals surface area contributed by atoms with Gasteiger partial charge in [-0.15, -0.1) is 0 Å². The van der Waals surface area contributed by atoms with E-state index in [1.165, 1.54) is 22.0 Å². The molecule has 2 aliphatic rings. The van der Waals surface area contributed by atoms with E-state index in [1.54, 1.807) is 0 Å². The predicted octanol–water partition coefficient (Wildman–Crippen LogP) is 3.70. The van der Waals surface area contributed by atoms with Gasteiger partial charge in [0, 0.05) is 55.5 Å². The Hall–Kier alpha value is -2.57. The van der Waals surface area contributed by atoms with Crippen molar-refractivity contribution in [2.75, 3.05) is 27.3 Å². The first-order valence-corrected chi connectivity index (χ1v) is 11.0. The number of methoxy groups -OCH3 is 1. The maximum atomic E-state index is 12.7. The van der Waals surface area contributed by atoms with Gasteiger partial charge >= 0.3 is 5.97 Å². The second-order valence-corrected chi connectivity index (χ2v) is 9.40. The SMILES string of the molecule is CO[C@]12C[C@@H](COC(=O)c3[nH]c(C)cc3C)CN(C)[C@@H]1Cc1cn(C)c3cccc2c13. The minimum Gasteiger partial charge on any atom is -0.461 e. The van der Waals surface area contributed by atoms with E-state index in [-0.39, 0.29) is 17.9 Å². The summed E-state index contributed by atoms with van der Waals surface area (Å²) in [6, 6.07) is 8.76. The molecule has 2 aromatic heterocycles. The lowest BCUT2D eigenvalue weighted by Crippen LogP contribution is -2.60. The number of nitrogens with zero attached hydrogens (tertiary/aromatic N) is 2. The second-order valence-electron chi connectivity index (χ2n) is 9.40. The lowest BCUT2D eigenvalue weighted by molar-refractivity contribution is -0.131. The molecule has 1 aliphatic heterocycles. The highest BCUT2D eigenvalue weighted by atomic mass is 16.5. The number of esters is 1. The molecule has 1 fully saturated rings. The molecule has 31 heavy (non-hydrogen) atoms. The summed E-state index contributed by atoms with van der Waals surface area (Å²) in [7, 11) is 6.10. The van der Waals surface area contributed by atoms with E-state index in [0.29, 0.717) is 12.3 Å². The summed E-state index contributed by atoms with van der Waals surface area (Å²) in [5.41, 5.74) is 5.94. The van der Waals surface area contributed by atoms with Gasteiger partial charge in [0.1, 0.15) is 11.3 Å². The van der Waals surface area contributed by atoms with Crippen LogP contribution in [0.1, 0.15) is 39.3 Å². The van der Waals surface area contributed by atoms with Crippen LogP contribution in [-0.2, 0) is 28.5 Å². The first kappa shape index (κ1) is 20.3. The van der Waals surface area contributed by atoms with Crippen LogP contribution in [0, 0.1) is 19.8 Å². The highest BCUT2D eigenvalue weighted by molar-refractivity contribution is 5.90.